The van der Waals surface area contributed by atoms with Gasteiger partial charge in [-0.1, -0.05) is 6.08 Å². The van der Waals surface area contributed by atoms with Gasteiger partial charge in [0, 0.05) is 56.8 Å². The van der Waals surface area contributed by atoms with E-state index in [0.717, 1.165) is 41.3 Å². The Labute approximate surface area is 214 Å². The van der Waals surface area contributed by atoms with E-state index in [-0.39, 0.29) is 48.7 Å². The van der Waals surface area contributed by atoms with Crippen LogP contribution in [0.4, 0.5) is 0 Å². The summed E-state index contributed by atoms with van der Waals surface area (Å²) in [5.41, 5.74) is 1.88. The van der Waals surface area contributed by atoms with Gasteiger partial charge in [0.15, 0.2) is 0 Å². The lowest BCUT2D eigenvalue weighted by atomic mass is 9.88. The highest BCUT2D eigenvalue weighted by molar-refractivity contribution is 5.92. The second kappa shape index (κ2) is 10.5. The van der Waals surface area contributed by atoms with E-state index in [9.17, 15) is 9.59 Å². The Bertz CT molecular complexity index is 1390. The van der Waals surface area contributed by atoms with Crippen molar-refractivity contribution in [2.24, 2.45) is 5.92 Å². The van der Waals surface area contributed by atoms with Gasteiger partial charge in [0.05, 0.1) is 24.7 Å². The number of pyridine rings is 1. The topological polar surface area (TPSA) is 125 Å². The van der Waals surface area contributed by atoms with Gasteiger partial charge in [-0.3, -0.25) is 19.6 Å². The van der Waals surface area contributed by atoms with Crippen LogP contribution in [-0.4, -0.2) is 85.5 Å². The zero-order chi connectivity index (χ0) is 25.9. The van der Waals surface area contributed by atoms with Crippen LogP contribution in [0.1, 0.15) is 30.3 Å². The summed E-state index contributed by atoms with van der Waals surface area (Å²) in [6.07, 6.45) is 12.3. The van der Waals surface area contributed by atoms with Crippen molar-refractivity contribution in [1.29, 1.82) is 0 Å². The van der Waals surface area contributed by atoms with Crippen molar-refractivity contribution >= 4 is 24.0 Å². The molecule has 2 aliphatic rings. The first-order valence-corrected chi connectivity index (χ1v) is 12.4. The number of amides is 2. The Morgan fingerprint density at radius 2 is 2.08 bits per heavy atom. The number of H-pyrrole nitrogens is 1. The number of hydrogen-bond donors (Lipinski definition) is 2. The molecule has 37 heavy (non-hydrogen) atoms. The molecule has 1 aliphatic heterocycles. The number of aliphatic hydroxyl groups is 1. The number of aliphatic hydroxyl groups excluding tert-OH is 1. The molecule has 0 aromatic carbocycles. The molecule has 3 aromatic rings. The molecule has 10 heteroatoms. The van der Waals surface area contributed by atoms with Crippen LogP contribution in [0.15, 0.2) is 43.0 Å². The lowest BCUT2D eigenvalue weighted by Crippen LogP contribution is -2.47. The fraction of sp³-hybridized carbons (Fsp3) is 0.370. The molecule has 0 saturated carbocycles. The maximum atomic E-state index is 12.5. The average Bonchev–Trinajstić information content (AvgIpc) is 3.56. The molecule has 0 spiro atoms. The molecular weight excluding hydrogens is 472 g/mol. The number of ether oxygens (including phenoxy) is 1. The van der Waals surface area contributed by atoms with Gasteiger partial charge in [0.1, 0.15) is 23.2 Å². The van der Waals surface area contributed by atoms with Crippen molar-refractivity contribution in [3.63, 3.8) is 0 Å². The van der Waals surface area contributed by atoms with Crippen LogP contribution in [0.5, 0.6) is 5.75 Å². The summed E-state index contributed by atoms with van der Waals surface area (Å²) in [5.74, 6) is 0.238. The third kappa shape index (κ3) is 5.10. The molecule has 10 nitrogen and oxygen atoms in total. The Morgan fingerprint density at radius 1 is 1.22 bits per heavy atom. The summed E-state index contributed by atoms with van der Waals surface area (Å²) >= 11 is 0. The fourth-order valence-corrected chi connectivity index (χ4v) is 5.12. The molecule has 0 bridgehead atoms. The van der Waals surface area contributed by atoms with Crippen molar-refractivity contribution in [3.8, 4) is 17.1 Å². The Balaban J connectivity index is 1.46. The van der Waals surface area contributed by atoms with Crippen LogP contribution in [0.25, 0.3) is 23.5 Å². The number of likely N-dealkylation sites (tertiary alicyclic amines) is 1. The monoisotopic (exact) mass is 502 g/mol. The molecule has 3 atom stereocenters. The Hall–Kier alpha value is -4.05. The van der Waals surface area contributed by atoms with E-state index in [1.54, 1.807) is 50.9 Å². The third-order valence-corrected chi connectivity index (χ3v) is 6.96. The summed E-state index contributed by atoms with van der Waals surface area (Å²) in [6, 6.07) is 5.39. The van der Waals surface area contributed by atoms with Crippen LogP contribution in [-0.2, 0) is 4.79 Å². The van der Waals surface area contributed by atoms with Crippen molar-refractivity contribution < 1.29 is 19.4 Å². The van der Waals surface area contributed by atoms with Crippen molar-refractivity contribution in [2.45, 2.75) is 31.9 Å². The highest BCUT2D eigenvalue weighted by Gasteiger charge is 2.38. The zero-order valence-corrected chi connectivity index (χ0v) is 20.9. The number of carbonyl (C=O) groups excluding carboxylic acids is 2. The van der Waals surface area contributed by atoms with Crippen LogP contribution in [0.2, 0.25) is 0 Å². The van der Waals surface area contributed by atoms with E-state index in [1.807, 2.05) is 11.0 Å². The normalized spacial score (nSPS) is 20.5. The van der Waals surface area contributed by atoms with Gasteiger partial charge in [-0.15, -0.1) is 0 Å². The molecule has 2 N–H and O–H groups in total. The van der Waals surface area contributed by atoms with Gasteiger partial charge >= 0.3 is 0 Å². The van der Waals surface area contributed by atoms with Gasteiger partial charge < -0.3 is 24.6 Å². The number of nitrogens with zero attached hydrogens (tertiary/aromatic N) is 5. The SMILES string of the molecule is CC(=O)N1CCC[C@@H]1C1C=c2[nH]c(-c3cnccn3)cc2=CC1Oc1ccc(C(=O)N(C)CCO)nc1. The van der Waals surface area contributed by atoms with Crippen LogP contribution >= 0.6 is 0 Å². The number of aromatic amines is 1. The summed E-state index contributed by atoms with van der Waals surface area (Å²) < 4.78 is 6.43. The minimum absolute atomic E-state index is 0.0103. The molecule has 5 rings (SSSR count). The fourth-order valence-electron chi connectivity index (χ4n) is 5.12. The van der Waals surface area contributed by atoms with Gasteiger partial charge in [-0.2, -0.15) is 0 Å². The second-order valence-corrected chi connectivity index (χ2v) is 9.39. The largest absolute Gasteiger partial charge is 0.484 e. The van der Waals surface area contributed by atoms with Crippen LogP contribution in [0.3, 0.4) is 0 Å². The lowest BCUT2D eigenvalue weighted by Gasteiger charge is -2.34. The number of hydrogen-bond acceptors (Lipinski definition) is 7. The summed E-state index contributed by atoms with van der Waals surface area (Å²) in [7, 11) is 1.62. The lowest BCUT2D eigenvalue weighted by molar-refractivity contribution is -0.130. The van der Waals surface area contributed by atoms with Crippen molar-refractivity contribution in [3.05, 3.63) is 59.2 Å². The maximum absolute atomic E-state index is 12.5. The summed E-state index contributed by atoms with van der Waals surface area (Å²) in [6.45, 7) is 2.47. The van der Waals surface area contributed by atoms with Gasteiger partial charge in [-0.05, 0) is 42.3 Å². The number of nitrogens with one attached hydrogen (secondary N) is 1. The molecule has 2 unspecified atom stereocenters. The number of likely N-dealkylation sites (N-methyl/N-ethyl adjacent to an activating group) is 1. The van der Waals surface area contributed by atoms with E-state index in [1.165, 1.54) is 4.90 Å². The number of rotatable bonds is 7. The van der Waals surface area contributed by atoms with E-state index >= 15 is 0 Å². The maximum Gasteiger partial charge on any atom is 0.272 e. The number of fused-ring (bicyclic) bond motifs is 1. The summed E-state index contributed by atoms with van der Waals surface area (Å²) in [4.78, 5) is 44.5. The Kier molecular flexibility index (Phi) is 7.00. The van der Waals surface area contributed by atoms with Crippen molar-refractivity contribution in [2.75, 3.05) is 26.7 Å². The van der Waals surface area contributed by atoms with Gasteiger partial charge in [0.25, 0.3) is 5.91 Å². The van der Waals surface area contributed by atoms with Crippen LogP contribution < -0.4 is 15.3 Å². The van der Waals surface area contributed by atoms with Gasteiger partial charge in [0.2, 0.25) is 5.91 Å². The predicted molar refractivity (Wildman–Crippen MR) is 137 cm³/mol. The van der Waals surface area contributed by atoms with Crippen molar-refractivity contribution in [1.82, 2.24) is 29.7 Å². The van der Waals surface area contributed by atoms with E-state index in [2.05, 4.69) is 32.1 Å². The first-order chi connectivity index (χ1) is 17.9. The van der Waals surface area contributed by atoms with E-state index < -0.39 is 0 Å². The molecule has 1 fully saturated rings. The second-order valence-electron chi connectivity index (χ2n) is 9.39. The first-order valence-electron chi connectivity index (χ1n) is 12.4. The molecule has 2 amide bonds. The zero-order valence-electron chi connectivity index (χ0n) is 20.9. The number of aromatic nitrogens is 4. The highest BCUT2D eigenvalue weighted by Crippen LogP contribution is 2.31. The number of carbonyl (C=O) groups is 2. The minimum Gasteiger partial charge on any atom is -0.484 e. The minimum atomic E-state index is -0.344. The highest BCUT2D eigenvalue weighted by atomic mass is 16.5. The molecular formula is C27H30N6O4. The first kappa shape index (κ1) is 24.6. The quantitative estimate of drug-likeness (QED) is 0.484. The molecule has 192 valence electrons. The van der Waals surface area contributed by atoms with E-state index in [0.29, 0.717) is 5.75 Å². The molecule has 1 saturated heterocycles. The standard InChI is InChI=1S/C27H30N6O4/c1-17(35)33-9-3-4-25(33)20-14-22-18(12-23(31-22)24-16-28-7-8-29-24)13-26(20)37-19-5-6-21(30-15-19)27(36)32(2)10-11-34/h5-8,12-16,20,25-26,31,34H,3-4,9-11H2,1-2H3/t20?,25-,26?/m1/s1. The average molecular weight is 503 g/mol. The Morgan fingerprint density at radius 3 is 2.78 bits per heavy atom. The smallest absolute Gasteiger partial charge is 0.272 e. The molecule has 1 aliphatic carbocycles. The molecule has 4 heterocycles. The summed E-state index contributed by atoms with van der Waals surface area (Å²) in [5, 5.41) is 11.0. The van der Waals surface area contributed by atoms with E-state index in [4.69, 9.17) is 9.84 Å². The predicted octanol–water partition coefficient (Wildman–Crippen LogP) is 0.580. The van der Waals surface area contributed by atoms with Crippen LogP contribution in [0, 0.1) is 5.92 Å². The molecule has 3 aromatic heterocycles. The molecule has 0 radical (unpaired) electrons. The third-order valence-electron chi connectivity index (χ3n) is 6.96. The van der Waals surface area contributed by atoms with Gasteiger partial charge in [-0.25, -0.2) is 4.98 Å².